The Morgan fingerprint density at radius 2 is 1.72 bits per heavy atom. The van der Waals surface area contributed by atoms with Crippen LogP contribution in [0.5, 0.6) is 11.6 Å². The van der Waals surface area contributed by atoms with E-state index in [9.17, 15) is 9.59 Å². The van der Waals surface area contributed by atoms with Crippen molar-refractivity contribution in [2.24, 2.45) is 5.92 Å². The molecule has 0 saturated carbocycles. The number of likely N-dealkylation sites (tertiary alicyclic amines) is 1. The van der Waals surface area contributed by atoms with Crippen LogP contribution in [0.15, 0.2) is 60.8 Å². The molecule has 2 saturated heterocycles. The van der Waals surface area contributed by atoms with Crippen molar-refractivity contribution in [1.29, 1.82) is 0 Å². The maximum absolute atomic E-state index is 11.7. The van der Waals surface area contributed by atoms with E-state index in [-0.39, 0.29) is 17.7 Å². The van der Waals surface area contributed by atoms with Crippen molar-refractivity contribution in [1.82, 2.24) is 30.8 Å². The normalized spacial score (nSPS) is 16.4. The minimum absolute atomic E-state index is 0.105. The van der Waals surface area contributed by atoms with Gasteiger partial charge in [0.25, 0.3) is 0 Å². The highest BCUT2D eigenvalue weighted by atomic mass is 35.5. The number of hydrogen-bond acceptors (Lipinski definition) is 8. The summed E-state index contributed by atoms with van der Waals surface area (Å²) in [7, 11) is 3.26. The molecule has 50 heavy (non-hydrogen) atoms. The number of piperidine rings is 1. The Balaban J connectivity index is 1.19. The van der Waals surface area contributed by atoms with E-state index in [1.807, 2.05) is 59.5 Å². The molecule has 2 aliphatic rings. The van der Waals surface area contributed by atoms with Gasteiger partial charge in [-0.15, -0.1) is 0 Å². The molecule has 2 aliphatic heterocycles. The fraction of sp³-hybridized carbons (Fsp3) is 0.368. The van der Waals surface area contributed by atoms with Gasteiger partial charge in [-0.1, -0.05) is 59.6 Å². The van der Waals surface area contributed by atoms with Gasteiger partial charge in [-0.2, -0.15) is 0 Å². The molecule has 2 aromatic heterocycles. The van der Waals surface area contributed by atoms with Gasteiger partial charge in [-0.05, 0) is 37.0 Å². The lowest BCUT2D eigenvalue weighted by atomic mass is 9.99. The zero-order chi connectivity index (χ0) is 35.2. The van der Waals surface area contributed by atoms with E-state index in [0.29, 0.717) is 59.4 Å². The van der Waals surface area contributed by atoms with Gasteiger partial charge in [0.15, 0.2) is 0 Å². The molecule has 2 fully saturated rings. The molecule has 1 atom stereocenters. The van der Waals surface area contributed by atoms with Crippen LogP contribution in [0.25, 0.3) is 33.6 Å². The zero-order valence-electron chi connectivity index (χ0n) is 28.5. The highest BCUT2D eigenvalue weighted by molar-refractivity contribution is 6.39. The molecule has 2 amide bonds. The second-order valence-electron chi connectivity index (χ2n) is 12.7. The number of ether oxygens (including phenoxy) is 2. The summed E-state index contributed by atoms with van der Waals surface area (Å²) in [6.07, 6.45) is 4.10. The summed E-state index contributed by atoms with van der Waals surface area (Å²) in [5, 5.41) is 10.9. The number of hydrogen-bond donors (Lipinski definition) is 3. The van der Waals surface area contributed by atoms with Crippen molar-refractivity contribution in [2.45, 2.75) is 45.3 Å². The van der Waals surface area contributed by atoms with E-state index >= 15 is 0 Å². The monoisotopic (exact) mass is 716 g/mol. The van der Waals surface area contributed by atoms with E-state index in [0.717, 1.165) is 71.6 Å². The lowest BCUT2D eigenvalue weighted by Gasteiger charge is -2.31. The van der Waals surface area contributed by atoms with Crippen molar-refractivity contribution in [2.75, 3.05) is 40.4 Å². The summed E-state index contributed by atoms with van der Waals surface area (Å²) in [6, 6.07) is 17.9. The first-order valence-electron chi connectivity index (χ1n) is 16.9. The van der Waals surface area contributed by atoms with Gasteiger partial charge in [-0.3, -0.25) is 14.6 Å². The van der Waals surface area contributed by atoms with Gasteiger partial charge in [0.2, 0.25) is 17.7 Å². The van der Waals surface area contributed by atoms with Crippen molar-refractivity contribution in [3.05, 3.63) is 82.0 Å². The first kappa shape index (κ1) is 35.6. The van der Waals surface area contributed by atoms with Gasteiger partial charge in [0, 0.05) is 98.2 Å². The molecule has 262 valence electrons. The van der Waals surface area contributed by atoms with Crippen LogP contribution in [0.4, 0.5) is 0 Å². The van der Waals surface area contributed by atoms with E-state index < -0.39 is 0 Å². The molecule has 0 spiro atoms. The molecule has 2 aromatic carbocycles. The Kier molecular flexibility index (Phi) is 11.5. The minimum atomic E-state index is 0.105. The molecule has 0 radical (unpaired) electrons. The summed E-state index contributed by atoms with van der Waals surface area (Å²) in [5.74, 6) is 1.77. The number of rotatable bonds is 12. The van der Waals surface area contributed by atoms with E-state index in [1.165, 1.54) is 0 Å². The fourth-order valence-electron chi connectivity index (χ4n) is 6.63. The summed E-state index contributed by atoms with van der Waals surface area (Å²) >= 11 is 14.2. The average Bonchev–Trinajstić information content (AvgIpc) is 3.55. The standard InChI is InChI=1S/C38H42Cl2N6O4/c1-23(47)46-15-12-28(13-16-46)43-22-27-9-10-32(45-38(27)50-3)31-6-4-5-29(35(31)39)30-11-14-42-37(36(30)40)25-7-8-26(33(18-25)49-2)21-41-19-24-17-34(48)44-20-24/h4-11,14,18,24,28,41,43H,12-13,15-17,19-22H2,1-3H3,(H,44,48). The Hall–Kier alpha value is -4.22. The van der Waals surface area contributed by atoms with Gasteiger partial charge in [0.1, 0.15) is 5.75 Å². The maximum atomic E-state index is 11.7. The quantitative estimate of drug-likeness (QED) is 0.160. The smallest absolute Gasteiger partial charge is 0.220 e. The molecule has 6 rings (SSSR count). The molecule has 1 unspecified atom stereocenters. The number of pyridine rings is 2. The number of aromatic nitrogens is 2. The van der Waals surface area contributed by atoms with Crippen LogP contribution in [0.3, 0.4) is 0 Å². The summed E-state index contributed by atoms with van der Waals surface area (Å²) in [4.78, 5) is 34.6. The third kappa shape index (κ3) is 8.05. The molecule has 0 bridgehead atoms. The van der Waals surface area contributed by atoms with Gasteiger partial charge < -0.3 is 30.3 Å². The van der Waals surface area contributed by atoms with Gasteiger partial charge >= 0.3 is 0 Å². The van der Waals surface area contributed by atoms with E-state index in [4.69, 9.17) is 37.7 Å². The number of carbonyl (C=O) groups is 2. The Bertz CT molecular complexity index is 1860. The summed E-state index contributed by atoms with van der Waals surface area (Å²) in [5.41, 5.74) is 6.31. The van der Waals surface area contributed by atoms with Crippen molar-refractivity contribution in [3.8, 4) is 45.3 Å². The highest BCUT2D eigenvalue weighted by Gasteiger charge is 2.23. The number of nitrogens with one attached hydrogen (secondary N) is 3. The number of methoxy groups -OCH3 is 2. The predicted molar refractivity (Wildman–Crippen MR) is 196 cm³/mol. The lowest BCUT2D eigenvalue weighted by molar-refractivity contribution is -0.130. The number of nitrogens with zero attached hydrogens (tertiary/aromatic N) is 3. The molecule has 4 heterocycles. The topological polar surface area (TPSA) is 118 Å². The number of carbonyl (C=O) groups excluding carboxylic acids is 2. The van der Waals surface area contributed by atoms with E-state index in [1.54, 1.807) is 27.3 Å². The highest BCUT2D eigenvalue weighted by Crippen LogP contribution is 2.42. The number of amides is 2. The Morgan fingerprint density at radius 1 is 0.960 bits per heavy atom. The van der Waals surface area contributed by atoms with Crippen molar-refractivity contribution in [3.63, 3.8) is 0 Å². The predicted octanol–water partition coefficient (Wildman–Crippen LogP) is 6.13. The molecule has 0 aliphatic carbocycles. The van der Waals surface area contributed by atoms with Crippen LogP contribution >= 0.6 is 23.2 Å². The second-order valence-corrected chi connectivity index (χ2v) is 13.5. The second kappa shape index (κ2) is 16.2. The molecule has 4 aromatic rings. The van der Waals surface area contributed by atoms with Gasteiger partial charge in [-0.25, -0.2) is 4.98 Å². The van der Waals surface area contributed by atoms with E-state index in [2.05, 4.69) is 20.9 Å². The zero-order valence-corrected chi connectivity index (χ0v) is 30.0. The van der Waals surface area contributed by atoms with Crippen LogP contribution in [-0.4, -0.2) is 73.1 Å². The van der Waals surface area contributed by atoms with Crippen LogP contribution in [0.2, 0.25) is 10.0 Å². The number of halogens is 2. The largest absolute Gasteiger partial charge is 0.496 e. The SMILES string of the molecule is COc1cc(-c2nccc(-c3cccc(-c4ccc(CNC5CCN(C(C)=O)CC5)c(OC)n4)c3Cl)c2Cl)ccc1CNCC1CNC(=O)C1. The Morgan fingerprint density at radius 3 is 2.44 bits per heavy atom. The first-order chi connectivity index (χ1) is 24.2. The maximum Gasteiger partial charge on any atom is 0.220 e. The number of benzene rings is 2. The van der Waals surface area contributed by atoms with Crippen LogP contribution < -0.4 is 25.4 Å². The average molecular weight is 718 g/mol. The fourth-order valence-corrected chi connectivity index (χ4v) is 7.28. The van der Waals surface area contributed by atoms with Crippen LogP contribution in [0.1, 0.15) is 37.3 Å². The Labute approximate surface area is 302 Å². The molecule has 12 heteroatoms. The third-order valence-electron chi connectivity index (χ3n) is 9.48. The molecular formula is C38H42Cl2N6O4. The summed E-state index contributed by atoms with van der Waals surface area (Å²) in [6.45, 7) is 5.81. The van der Waals surface area contributed by atoms with Crippen molar-refractivity contribution >= 4 is 35.0 Å². The lowest BCUT2D eigenvalue weighted by Crippen LogP contribution is -2.44. The first-order valence-corrected chi connectivity index (χ1v) is 17.6. The van der Waals surface area contributed by atoms with Crippen molar-refractivity contribution < 1.29 is 19.1 Å². The minimum Gasteiger partial charge on any atom is -0.496 e. The van der Waals surface area contributed by atoms with Gasteiger partial charge in [0.05, 0.1) is 35.7 Å². The molecule has 10 nitrogen and oxygen atoms in total. The molecule has 3 N–H and O–H groups in total. The van der Waals surface area contributed by atoms with Crippen LogP contribution in [-0.2, 0) is 22.7 Å². The van der Waals surface area contributed by atoms with Crippen LogP contribution in [0, 0.1) is 5.92 Å². The third-order valence-corrected chi connectivity index (χ3v) is 10.3. The molecular weight excluding hydrogens is 675 g/mol. The summed E-state index contributed by atoms with van der Waals surface area (Å²) < 4.78 is 11.4.